The second kappa shape index (κ2) is 11.5. The van der Waals surface area contributed by atoms with Crippen LogP contribution < -0.4 is 0 Å². The first-order valence-corrected chi connectivity index (χ1v) is 5.71. The first-order chi connectivity index (χ1) is 6.41. The third kappa shape index (κ3) is 11.5. The summed E-state index contributed by atoms with van der Waals surface area (Å²) >= 11 is 0. The molecule has 0 heteroatoms. The van der Waals surface area contributed by atoms with Gasteiger partial charge in [0.25, 0.3) is 0 Å². The summed E-state index contributed by atoms with van der Waals surface area (Å²) in [6, 6.07) is 0. The van der Waals surface area contributed by atoms with E-state index in [2.05, 4.69) is 38.2 Å². The fourth-order valence-corrected chi connectivity index (χ4v) is 1.21. The van der Waals surface area contributed by atoms with E-state index in [0.29, 0.717) is 0 Å². The van der Waals surface area contributed by atoms with E-state index in [1.165, 1.54) is 44.9 Å². The van der Waals surface area contributed by atoms with E-state index in [1.54, 1.807) is 0 Å². The average Bonchev–Trinajstić information content (AvgIpc) is 2.16. The van der Waals surface area contributed by atoms with Crippen LogP contribution in [0.3, 0.4) is 0 Å². The standard InChI is InChI=1S/C13H24/c1-3-5-7-9-11-13-12-10-8-6-4-2/h5,7-8,10H,3-4,6,9,11-13H2,1-2H3/b7-5+,10-8+. The minimum Gasteiger partial charge on any atom is -0.0888 e. The van der Waals surface area contributed by atoms with Crippen LogP contribution in [0.15, 0.2) is 24.3 Å². The Hall–Kier alpha value is -0.520. The Morgan fingerprint density at radius 1 is 0.692 bits per heavy atom. The fourth-order valence-electron chi connectivity index (χ4n) is 1.21. The lowest BCUT2D eigenvalue weighted by Gasteiger charge is -1.92. The molecule has 0 rings (SSSR count). The third-order valence-corrected chi connectivity index (χ3v) is 2.02. The van der Waals surface area contributed by atoms with Gasteiger partial charge < -0.3 is 0 Å². The highest BCUT2D eigenvalue weighted by Crippen LogP contribution is 2.02. The molecule has 13 heavy (non-hydrogen) atoms. The molecule has 0 radical (unpaired) electrons. The van der Waals surface area contributed by atoms with Crippen LogP contribution >= 0.6 is 0 Å². The van der Waals surface area contributed by atoms with Crippen LogP contribution in [0.2, 0.25) is 0 Å². The zero-order chi connectivity index (χ0) is 9.78. The Kier molecular flexibility index (Phi) is 11.0. The number of allylic oxidation sites excluding steroid dienone is 4. The first kappa shape index (κ1) is 12.5. The van der Waals surface area contributed by atoms with Crippen molar-refractivity contribution in [2.75, 3.05) is 0 Å². The van der Waals surface area contributed by atoms with Crippen molar-refractivity contribution in [2.24, 2.45) is 0 Å². The van der Waals surface area contributed by atoms with Gasteiger partial charge in [0.05, 0.1) is 0 Å². The second-order valence-electron chi connectivity index (χ2n) is 3.42. The Labute approximate surface area is 83.7 Å². The lowest BCUT2D eigenvalue weighted by atomic mass is 10.1. The highest BCUT2D eigenvalue weighted by molar-refractivity contribution is 4.83. The van der Waals surface area contributed by atoms with Crippen LogP contribution in [0.4, 0.5) is 0 Å². The van der Waals surface area contributed by atoms with Crippen LogP contribution in [-0.4, -0.2) is 0 Å². The molecule has 0 aromatic rings. The first-order valence-electron chi connectivity index (χ1n) is 5.71. The molecular formula is C13H24. The molecule has 0 aliphatic carbocycles. The van der Waals surface area contributed by atoms with Crippen molar-refractivity contribution >= 4 is 0 Å². The third-order valence-electron chi connectivity index (χ3n) is 2.02. The molecule has 0 aliphatic heterocycles. The van der Waals surface area contributed by atoms with Gasteiger partial charge in [-0.2, -0.15) is 0 Å². The highest BCUT2D eigenvalue weighted by atomic mass is 13.9. The Balaban J connectivity index is 3.03. The monoisotopic (exact) mass is 180 g/mol. The van der Waals surface area contributed by atoms with Gasteiger partial charge in [-0.15, -0.1) is 0 Å². The maximum absolute atomic E-state index is 2.33. The summed E-state index contributed by atoms with van der Waals surface area (Å²) in [6.07, 6.45) is 18.1. The van der Waals surface area contributed by atoms with Gasteiger partial charge in [0.2, 0.25) is 0 Å². The Morgan fingerprint density at radius 3 is 1.77 bits per heavy atom. The largest absolute Gasteiger partial charge is 0.0888 e. The summed E-state index contributed by atoms with van der Waals surface area (Å²) in [7, 11) is 0. The van der Waals surface area contributed by atoms with Gasteiger partial charge in [-0.3, -0.25) is 0 Å². The molecule has 0 saturated carbocycles. The number of hydrogen-bond donors (Lipinski definition) is 0. The lowest BCUT2D eigenvalue weighted by molar-refractivity contribution is 0.758. The molecule has 0 atom stereocenters. The minimum atomic E-state index is 1.18. The van der Waals surface area contributed by atoms with Crippen molar-refractivity contribution in [1.29, 1.82) is 0 Å². The maximum Gasteiger partial charge on any atom is -0.0351 e. The second-order valence-corrected chi connectivity index (χ2v) is 3.42. The summed E-state index contributed by atoms with van der Waals surface area (Å²) in [6.45, 7) is 4.41. The molecule has 0 aromatic carbocycles. The quantitative estimate of drug-likeness (QED) is 0.369. The van der Waals surface area contributed by atoms with Gasteiger partial charge in [-0.05, 0) is 38.5 Å². The maximum atomic E-state index is 2.33. The minimum absolute atomic E-state index is 1.18. The Morgan fingerprint density at radius 2 is 1.23 bits per heavy atom. The summed E-state index contributed by atoms with van der Waals surface area (Å²) in [5.41, 5.74) is 0. The van der Waals surface area contributed by atoms with E-state index in [9.17, 15) is 0 Å². The fraction of sp³-hybridized carbons (Fsp3) is 0.692. The van der Waals surface area contributed by atoms with Crippen molar-refractivity contribution < 1.29 is 0 Å². The Bertz CT molecular complexity index is 131. The van der Waals surface area contributed by atoms with Gasteiger partial charge in [-0.25, -0.2) is 0 Å². The molecule has 76 valence electrons. The number of hydrogen-bond acceptors (Lipinski definition) is 0. The predicted octanol–water partition coefficient (Wildman–Crippen LogP) is 4.87. The van der Waals surface area contributed by atoms with Crippen LogP contribution in [0.1, 0.15) is 58.8 Å². The van der Waals surface area contributed by atoms with Gasteiger partial charge in [0, 0.05) is 0 Å². The lowest BCUT2D eigenvalue weighted by Crippen LogP contribution is -1.72. The van der Waals surface area contributed by atoms with E-state index in [1.807, 2.05) is 0 Å². The highest BCUT2D eigenvalue weighted by Gasteiger charge is 1.82. The van der Waals surface area contributed by atoms with Gasteiger partial charge in [0.15, 0.2) is 0 Å². The van der Waals surface area contributed by atoms with Crippen molar-refractivity contribution in [3.63, 3.8) is 0 Å². The molecule has 0 aliphatic rings. The molecule has 0 N–H and O–H groups in total. The zero-order valence-corrected chi connectivity index (χ0v) is 9.26. The molecule has 0 heterocycles. The zero-order valence-electron chi connectivity index (χ0n) is 9.26. The molecule has 0 saturated heterocycles. The normalized spacial score (nSPS) is 11.8. The van der Waals surface area contributed by atoms with Crippen LogP contribution in [0.25, 0.3) is 0 Å². The SMILES string of the molecule is CC/C=C/CCCC/C=C/CCC. The number of unbranched alkanes of at least 4 members (excludes halogenated alkanes) is 4. The van der Waals surface area contributed by atoms with Gasteiger partial charge in [0.1, 0.15) is 0 Å². The molecule has 0 amide bonds. The van der Waals surface area contributed by atoms with Gasteiger partial charge >= 0.3 is 0 Å². The van der Waals surface area contributed by atoms with Crippen molar-refractivity contribution in [3.05, 3.63) is 24.3 Å². The smallest absolute Gasteiger partial charge is 0.0351 e. The summed E-state index contributed by atoms with van der Waals surface area (Å²) in [5, 5.41) is 0. The molecule has 0 fully saturated rings. The molecule has 0 aromatic heterocycles. The van der Waals surface area contributed by atoms with Crippen molar-refractivity contribution in [1.82, 2.24) is 0 Å². The van der Waals surface area contributed by atoms with Crippen LogP contribution in [0.5, 0.6) is 0 Å². The predicted molar refractivity (Wildman–Crippen MR) is 61.9 cm³/mol. The van der Waals surface area contributed by atoms with Crippen LogP contribution in [-0.2, 0) is 0 Å². The molecular weight excluding hydrogens is 156 g/mol. The topological polar surface area (TPSA) is 0 Å². The van der Waals surface area contributed by atoms with Gasteiger partial charge in [-0.1, -0.05) is 44.6 Å². The number of rotatable bonds is 8. The van der Waals surface area contributed by atoms with E-state index in [0.717, 1.165) is 0 Å². The average molecular weight is 180 g/mol. The van der Waals surface area contributed by atoms with Crippen molar-refractivity contribution in [3.8, 4) is 0 Å². The molecule has 0 nitrogen and oxygen atoms in total. The van der Waals surface area contributed by atoms with E-state index >= 15 is 0 Å². The van der Waals surface area contributed by atoms with Crippen LogP contribution in [0, 0.1) is 0 Å². The van der Waals surface area contributed by atoms with E-state index in [-0.39, 0.29) is 0 Å². The molecule has 0 bridgehead atoms. The molecule has 0 spiro atoms. The molecule has 0 unspecified atom stereocenters. The van der Waals surface area contributed by atoms with E-state index in [4.69, 9.17) is 0 Å². The van der Waals surface area contributed by atoms with Crippen molar-refractivity contribution in [2.45, 2.75) is 58.8 Å². The summed E-state index contributed by atoms with van der Waals surface area (Å²) < 4.78 is 0. The summed E-state index contributed by atoms with van der Waals surface area (Å²) in [5.74, 6) is 0. The van der Waals surface area contributed by atoms with E-state index < -0.39 is 0 Å². The summed E-state index contributed by atoms with van der Waals surface area (Å²) in [4.78, 5) is 0.